The maximum atomic E-state index is 9.72. The fourth-order valence-corrected chi connectivity index (χ4v) is 3.05. The van der Waals surface area contributed by atoms with Gasteiger partial charge >= 0.3 is 0 Å². The molecule has 0 bridgehead atoms. The van der Waals surface area contributed by atoms with Crippen molar-refractivity contribution in [3.8, 4) is 11.5 Å². The number of likely N-dealkylation sites (N-methyl/N-ethyl adjacent to an activating group) is 2. The molecule has 0 radical (unpaired) electrons. The zero-order valence-electron chi connectivity index (χ0n) is 23.0. The summed E-state index contributed by atoms with van der Waals surface area (Å²) < 4.78 is 26.3. The number of ether oxygens (including phenoxy) is 5. The Labute approximate surface area is 217 Å². The van der Waals surface area contributed by atoms with E-state index in [-0.39, 0.29) is 0 Å². The monoisotopic (exact) mass is 507 g/mol. The third-order valence-corrected chi connectivity index (χ3v) is 5.08. The first-order valence-corrected chi connectivity index (χ1v) is 12.4. The topological polar surface area (TPSA) is 72.9 Å². The highest BCUT2D eigenvalue weighted by atomic mass is 16.6. The second kappa shape index (κ2) is 19.0. The van der Waals surface area contributed by atoms with Crippen LogP contribution in [0.4, 0.5) is 0 Å². The highest BCUT2D eigenvalue weighted by Gasteiger charge is 2.21. The molecule has 8 heteroatoms. The third-order valence-electron chi connectivity index (χ3n) is 5.08. The van der Waals surface area contributed by atoms with Crippen LogP contribution in [0.15, 0.2) is 60.7 Å². The molecule has 0 spiro atoms. The maximum Gasteiger partial charge on any atom is 0.137 e. The molecule has 2 aromatic rings. The molecule has 0 aliphatic carbocycles. The van der Waals surface area contributed by atoms with E-state index in [0.717, 1.165) is 44.4 Å². The minimum atomic E-state index is -0.429. The highest BCUT2D eigenvalue weighted by Crippen LogP contribution is 2.09. The molecular weight excluding hydrogens is 460 g/mol. The molecule has 8 nitrogen and oxygen atoms in total. The number of methoxy groups -OCH3 is 2. The van der Waals surface area contributed by atoms with Gasteiger partial charge in [0.25, 0.3) is 0 Å². The van der Waals surface area contributed by atoms with Crippen molar-refractivity contribution in [2.24, 2.45) is 0 Å². The normalized spacial score (nSPS) is 15.2. The van der Waals surface area contributed by atoms with E-state index < -0.39 is 6.10 Å². The van der Waals surface area contributed by atoms with Gasteiger partial charge in [0, 0.05) is 20.8 Å². The second-order valence-corrected chi connectivity index (χ2v) is 9.49. The molecular formula is C28H47N2O6+. The number of benzene rings is 2. The second-order valence-electron chi connectivity index (χ2n) is 9.49. The van der Waals surface area contributed by atoms with E-state index in [1.807, 2.05) is 74.8 Å². The quantitative estimate of drug-likeness (QED) is 0.311. The smallest absolute Gasteiger partial charge is 0.137 e. The number of quaternary nitrogens is 1. The number of hydrogen-bond donors (Lipinski definition) is 1. The van der Waals surface area contributed by atoms with Crippen molar-refractivity contribution in [1.29, 1.82) is 0 Å². The lowest BCUT2D eigenvalue weighted by Gasteiger charge is -2.31. The Morgan fingerprint density at radius 3 is 1.86 bits per heavy atom. The van der Waals surface area contributed by atoms with E-state index in [0.29, 0.717) is 30.3 Å². The number of aliphatic hydroxyl groups excluding tert-OH is 1. The summed E-state index contributed by atoms with van der Waals surface area (Å²) in [6.45, 7) is 5.87. The Bertz CT molecular complexity index is 757. The van der Waals surface area contributed by atoms with E-state index in [2.05, 4.69) is 19.0 Å². The van der Waals surface area contributed by atoms with Gasteiger partial charge in [-0.05, 0) is 38.4 Å². The first kappa shape index (κ1) is 31.8. The van der Waals surface area contributed by atoms with Gasteiger partial charge in [-0.25, -0.2) is 0 Å². The average Bonchev–Trinajstić information content (AvgIpc) is 3.65. The summed E-state index contributed by atoms with van der Waals surface area (Å²) in [6, 6.07) is 19.6. The Morgan fingerprint density at radius 1 is 0.917 bits per heavy atom. The van der Waals surface area contributed by atoms with Crippen molar-refractivity contribution >= 4 is 0 Å². The Hall–Kier alpha value is -2.20. The van der Waals surface area contributed by atoms with Crippen LogP contribution in [0.25, 0.3) is 0 Å². The zero-order chi connectivity index (χ0) is 26.7. The number of para-hydroxylation sites is 2. The third kappa shape index (κ3) is 18.1. The van der Waals surface area contributed by atoms with Crippen molar-refractivity contribution in [1.82, 2.24) is 4.90 Å². The minimum Gasteiger partial charge on any atom is -0.492 e. The van der Waals surface area contributed by atoms with Crippen LogP contribution in [0.1, 0.15) is 0 Å². The zero-order valence-corrected chi connectivity index (χ0v) is 23.0. The van der Waals surface area contributed by atoms with Crippen LogP contribution in [0.5, 0.6) is 11.5 Å². The van der Waals surface area contributed by atoms with Crippen LogP contribution in [0, 0.1) is 0 Å². The molecule has 1 heterocycles. The molecule has 2 atom stereocenters. The lowest BCUT2D eigenvalue weighted by Crippen LogP contribution is -2.48. The number of rotatable bonds is 14. The van der Waals surface area contributed by atoms with E-state index in [4.69, 9.17) is 23.7 Å². The lowest BCUT2D eigenvalue weighted by molar-refractivity contribution is -0.893. The van der Waals surface area contributed by atoms with Gasteiger partial charge in [0.15, 0.2) is 0 Å². The predicted molar refractivity (Wildman–Crippen MR) is 144 cm³/mol. The van der Waals surface area contributed by atoms with Gasteiger partial charge in [0.05, 0.1) is 33.9 Å². The number of nitrogens with zero attached hydrogens (tertiary/aromatic N) is 2. The summed E-state index contributed by atoms with van der Waals surface area (Å²) in [7, 11) is 11.5. The summed E-state index contributed by atoms with van der Waals surface area (Å²) in [5, 5.41) is 9.72. The summed E-state index contributed by atoms with van der Waals surface area (Å²) in [5.41, 5.74) is 0. The van der Waals surface area contributed by atoms with Crippen molar-refractivity contribution in [3.05, 3.63) is 60.7 Å². The van der Waals surface area contributed by atoms with E-state index in [1.54, 1.807) is 14.2 Å². The fraction of sp³-hybridized carbons (Fsp3) is 0.571. The van der Waals surface area contributed by atoms with E-state index >= 15 is 0 Å². The first-order valence-electron chi connectivity index (χ1n) is 12.4. The van der Waals surface area contributed by atoms with Crippen molar-refractivity contribution in [2.45, 2.75) is 12.2 Å². The molecule has 1 saturated heterocycles. The van der Waals surface area contributed by atoms with Gasteiger partial charge in [-0.3, -0.25) is 0 Å². The van der Waals surface area contributed by atoms with Crippen LogP contribution in [0.3, 0.4) is 0 Å². The van der Waals surface area contributed by atoms with Crippen molar-refractivity contribution < 1.29 is 33.3 Å². The summed E-state index contributed by atoms with van der Waals surface area (Å²) >= 11 is 0. The summed E-state index contributed by atoms with van der Waals surface area (Å²) in [4.78, 5) is 2.10. The Balaban J connectivity index is 0.000000306. The van der Waals surface area contributed by atoms with Gasteiger partial charge in [0.2, 0.25) is 0 Å². The van der Waals surface area contributed by atoms with Gasteiger partial charge in [0.1, 0.15) is 50.0 Å². The lowest BCUT2D eigenvalue weighted by atomic mass is 10.3. The SMILES string of the molecule is CN(C)CCOc1ccccc1.COCC(O)C[N+](C)(C)CCOc1ccccc1.COCC1CO1. The van der Waals surface area contributed by atoms with Crippen LogP contribution in [-0.4, -0.2) is 122 Å². The molecule has 1 N–H and O–H groups in total. The van der Waals surface area contributed by atoms with E-state index in [9.17, 15) is 5.11 Å². The molecule has 1 aliphatic heterocycles. The van der Waals surface area contributed by atoms with Gasteiger partial charge < -0.3 is 38.2 Å². The summed E-state index contributed by atoms with van der Waals surface area (Å²) in [5.74, 6) is 1.83. The maximum absolute atomic E-state index is 9.72. The van der Waals surface area contributed by atoms with Crippen molar-refractivity contribution in [2.75, 3.05) is 95.1 Å². The molecule has 0 amide bonds. The van der Waals surface area contributed by atoms with Crippen LogP contribution < -0.4 is 9.47 Å². The van der Waals surface area contributed by atoms with Gasteiger partial charge in [-0.2, -0.15) is 0 Å². The highest BCUT2D eigenvalue weighted by molar-refractivity contribution is 5.21. The molecule has 0 saturated carbocycles. The first-order chi connectivity index (χ1) is 17.3. The molecule has 2 unspecified atom stereocenters. The number of hydrogen-bond acceptors (Lipinski definition) is 7. The largest absolute Gasteiger partial charge is 0.492 e. The van der Waals surface area contributed by atoms with Crippen molar-refractivity contribution in [3.63, 3.8) is 0 Å². The molecule has 1 aliphatic rings. The van der Waals surface area contributed by atoms with Crippen LogP contribution in [-0.2, 0) is 14.2 Å². The minimum absolute atomic E-state index is 0.376. The fourth-order valence-electron chi connectivity index (χ4n) is 3.05. The average molecular weight is 508 g/mol. The Morgan fingerprint density at radius 2 is 1.44 bits per heavy atom. The van der Waals surface area contributed by atoms with Crippen LogP contribution >= 0.6 is 0 Å². The number of epoxide rings is 1. The van der Waals surface area contributed by atoms with Gasteiger partial charge in [-0.15, -0.1) is 0 Å². The molecule has 1 fully saturated rings. The molecule has 0 aromatic heterocycles. The molecule has 2 aromatic carbocycles. The summed E-state index contributed by atoms with van der Waals surface area (Å²) in [6.07, 6.45) is -0.00303. The number of aliphatic hydroxyl groups is 1. The Kier molecular flexibility index (Phi) is 16.8. The predicted octanol–water partition coefficient (Wildman–Crippen LogP) is 2.81. The van der Waals surface area contributed by atoms with E-state index in [1.165, 1.54) is 0 Å². The van der Waals surface area contributed by atoms with Crippen LogP contribution in [0.2, 0.25) is 0 Å². The van der Waals surface area contributed by atoms with Gasteiger partial charge in [-0.1, -0.05) is 36.4 Å². The molecule has 204 valence electrons. The molecule has 3 rings (SSSR count). The molecule has 36 heavy (non-hydrogen) atoms. The standard InChI is InChI=1S/C14H24NO3.C10H15NO.C4H8O2/c1-15(2,11-13(16)12-17-3)9-10-18-14-7-5-4-6-8-14;1-11(2)8-9-12-10-6-4-3-5-7-10;1-5-2-4-3-6-4/h4-8,13,16H,9-12H2,1-3H3;3-7H,8-9H2,1-2H3;4H,2-3H2,1H3/q+1;;.